The lowest BCUT2D eigenvalue weighted by molar-refractivity contribution is 0.102. The van der Waals surface area contributed by atoms with E-state index in [1.54, 1.807) is 24.4 Å². The van der Waals surface area contributed by atoms with Crippen molar-refractivity contribution in [1.82, 2.24) is 4.98 Å². The van der Waals surface area contributed by atoms with Gasteiger partial charge in [0.1, 0.15) is 5.82 Å². The second-order valence-corrected chi connectivity index (χ2v) is 5.68. The maximum absolute atomic E-state index is 12.6. The van der Waals surface area contributed by atoms with Gasteiger partial charge < -0.3 is 10.6 Å². The molecule has 1 amide bonds. The quantitative estimate of drug-likeness (QED) is 0.701. The summed E-state index contributed by atoms with van der Waals surface area (Å²) in [6.45, 7) is 1.95. The summed E-state index contributed by atoms with van der Waals surface area (Å²) in [5.74, 6) is 0.226. The molecule has 5 heteroatoms. The number of aryl methyl sites for hydroxylation is 1. The van der Waals surface area contributed by atoms with Gasteiger partial charge in [-0.25, -0.2) is 4.98 Å². The van der Waals surface area contributed by atoms with Gasteiger partial charge in [-0.05, 0) is 42.8 Å². The van der Waals surface area contributed by atoms with Crippen LogP contribution in [0.4, 0.5) is 17.2 Å². The minimum absolute atomic E-state index is 0.230. The van der Waals surface area contributed by atoms with Crippen LogP contribution in [0, 0.1) is 6.92 Å². The van der Waals surface area contributed by atoms with Gasteiger partial charge in [-0.1, -0.05) is 41.9 Å². The Morgan fingerprint density at radius 3 is 2.42 bits per heavy atom. The van der Waals surface area contributed by atoms with Crippen molar-refractivity contribution < 1.29 is 4.79 Å². The molecule has 0 aliphatic carbocycles. The van der Waals surface area contributed by atoms with Crippen LogP contribution < -0.4 is 10.6 Å². The zero-order valence-corrected chi connectivity index (χ0v) is 13.8. The number of amides is 1. The molecule has 4 nitrogen and oxygen atoms in total. The molecule has 0 aliphatic rings. The second-order valence-electron chi connectivity index (χ2n) is 5.27. The standard InChI is InChI=1S/C19H16ClN3O/c1-13-7-2-4-10-16(13)23-19(24)14-8-6-12-21-18(14)22-17-11-5-3-9-15(17)20/h2-12H,1H3,(H,21,22)(H,23,24). The smallest absolute Gasteiger partial charge is 0.259 e. The van der Waals surface area contributed by atoms with Crippen molar-refractivity contribution in [3.8, 4) is 0 Å². The van der Waals surface area contributed by atoms with E-state index in [1.807, 2.05) is 49.4 Å². The summed E-state index contributed by atoms with van der Waals surface area (Å²) in [7, 11) is 0. The number of nitrogens with one attached hydrogen (secondary N) is 2. The van der Waals surface area contributed by atoms with E-state index in [0.29, 0.717) is 22.1 Å². The van der Waals surface area contributed by atoms with E-state index in [9.17, 15) is 4.79 Å². The molecule has 0 spiro atoms. The highest BCUT2D eigenvalue weighted by Gasteiger charge is 2.14. The third kappa shape index (κ3) is 3.55. The molecule has 0 atom stereocenters. The topological polar surface area (TPSA) is 54.0 Å². The van der Waals surface area contributed by atoms with Crippen LogP contribution in [0.1, 0.15) is 15.9 Å². The molecule has 0 saturated carbocycles. The van der Waals surface area contributed by atoms with E-state index in [4.69, 9.17) is 11.6 Å². The summed E-state index contributed by atoms with van der Waals surface area (Å²) < 4.78 is 0. The van der Waals surface area contributed by atoms with E-state index in [1.165, 1.54) is 0 Å². The van der Waals surface area contributed by atoms with Crippen molar-refractivity contribution in [1.29, 1.82) is 0 Å². The fraction of sp³-hybridized carbons (Fsp3) is 0.0526. The minimum Gasteiger partial charge on any atom is -0.338 e. The summed E-state index contributed by atoms with van der Waals surface area (Å²) in [5.41, 5.74) is 2.91. The van der Waals surface area contributed by atoms with Gasteiger partial charge >= 0.3 is 0 Å². The molecule has 0 saturated heterocycles. The molecule has 2 aromatic carbocycles. The molecule has 3 rings (SSSR count). The lowest BCUT2D eigenvalue weighted by Gasteiger charge is -2.13. The van der Waals surface area contributed by atoms with Crippen LogP contribution >= 0.6 is 11.6 Å². The Bertz CT molecular complexity index is 880. The van der Waals surface area contributed by atoms with Crippen LogP contribution in [0.3, 0.4) is 0 Å². The Balaban J connectivity index is 1.88. The lowest BCUT2D eigenvalue weighted by atomic mass is 10.1. The maximum atomic E-state index is 12.6. The van der Waals surface area contributed by atoms with Gasteiger partial charge in [-0.2, -0.15) is 0 Å². The molecule has 3 aromatic rings. The average molecular weight is 338 g/mol. The van der Waals surface area contributed by atoms with Crippen LogP contribution in [0.25, 0.3) is 0 Å². The summed E-state index contributed by atoms with van der Waals surface area (Å²) in [4.78, 5) is 16.9. The van der Waals surface area contributed by atoms with E-state index in [0.717, 1.165) is 11.3 Å². The molecule has 0 bridgehead atoms. The molecular weight excluding hydrogens is 322 g/mol. The Labute approximate surface area is 145 Å². The summed E-state index contributed by atoms with van der Waals surface area (Å²) in [6.07, 6.45) is 1.63. The third-order valence-corrected chi connectivity index (χ3v) is 3.90. The number of hydrogen-bond acceptors (Lipinski definition) is 3. The third-order valence-electron chi connectivity index (χ3n) is 3.57. The number of carbonyl (C=O) groups is 1. The Morgan fingerprint density at radius 2 is 1.67 bits per heavy atom. The lowest BCUT2D eigenvalue weighted by Crippen LogP contribution is -2.15. The largest absolute Gasteiger partial charge is 0.338 e. The molecular formula is C19H16ClN3O. The minimum atomic E-state index is -0.230. The van der Waals surface area contributed by atoms with Gasteiger partial charge in [-0.3, -0.25) is 4.79 Å². The predicted octanol–water partition coefficient (Wildman–Crippen LogP) is 5.04. The van der Waals surface area contributed by atoms with Crippen molar-refractivity contribution in [3.05, 3.63) is 83.0 Å². The van der Waals surface area contributed by atoms with Gasteiger partial charge in [0, 0.05) is 11.9 Å². The van der Waals surface area contributed by atoms with Gasteiger partial charge in [0.15, 0.2) is 0 Å². The first-order valence-corrected chi connectivity index (χ1v) is 7.86. The number of para-hydroxylation sites is 2. The summed E-state index contributed by atoms with van der Waals surface area (Å²) in [6, 6.07) is 18.4. The molecule has 0 radical (unpaired) electrons. The molecule has 0 fully saturated rings. The van der Waals surface area contributed by atoms with Gasteiger partial charge in [0.25, 0.3) is 5.91 Å². The van der Waals surface area contributed by atoms with Gasteiger partial charge in [0.05, 0.1) is 16.3 Å². The average Bonchev–Trinajstić information content (AvgIpc) is 2.59. The first kappa shape index (κ1) is 16.0. The zero-order valence-electron chi connectivity index (χ0n) is 13.1. The SMILES string of the molecule is Cc1ccccc1NC(=O)c1cccnc1Nc1ccccc1Cl. The highest BCUT2D eigenvalue weighted by Crippen LogP contribution is 2.26. The Morgan fingerprint density at radius 1 is 0.958 bits per heavy atom. The monoisotopic (exact) mass is 337 g/mol. The number of carbonyl (C=O) groups excluding carboxylic acids is 1. The fourth-order valence-corrected chi connectivity index (χ4v) is 2.46. The second kappa shape index (κ2) is 7.15. The van der Waals surface area contributed by atoms with Crippen LogP contribution in [-0.4, -0.2) is 10.9 Å². The number of benzene rings is 2. The summed E-state index contributed by atoms with van der Waals surface area (Å²) in [5, 5.41) is 6.60. The van der Waals surface area contributed by atoms with E-state index >= 15 is 0 Å². The normalized spacial score (nSPS) is 10.2. The number of anilines is 3. The fourth-order valence-electron chi connectivity index (χ4n) is 2.28. The number of aromatic nitrogens is 1. The molecule has 1 aromatic heterocycles. The Hall–Kier alpha value is -2.85. The maximum Gasteiger partial charge on any atom is 0.259 e. The first-order chi connectivity index (χ1) is 11.6. The zero-order chi connectivity index (χ0) is 16.9. The van der Waals surface area contributed by atoms with Crippen molar-refractivity contribution in [2.45, 2.75) is 6.92 Å². The van der Waals surface area contributed by atoms with Crippen LogP contribution in [-0.2, 0) is 0 Å². The molecule has 0 unspecified atom stereocenters. The summed E-state index contributed by atoms with van der Waals surface area (Å²) >= 11 is 6.17. The van der Waals surface area contributed by atoms with Crippen molar-refractivity contribution in [2.24, 2.45) is 0 Å². The molecule has 2 N–H and O–H groups in total. The molecule has 0 aliphatic heterocycles. The van der Waals surface area contributed by atoms with E-state index < -0.39 is 0 Å². The number of hydrogen-bond donors (Lipinski definition) is 2. The van der Waals surface area contributed by atoms with E-state index in [2.05, 4.69) is 15.6 Å². The van der Waals surface area contributed by atoms with Gasteiger partial charge in [-0.15, -0.1) is 0 Å². The number of halogens is 1. The predicted molar refractivity (Wildman–Crippen MR) is 98.1 cm³/mol. The van der Waals surface area contributed by atoms with Crippen LogP contribution in [0.2, 0.25) is 5.02 Å². The highest BCUT2D eigenvalue weighted by atomic mass is 35.5. The number of pyridine rings is 1. The first-order valence-electron chi connectivity index (χ1n) is 7.48. The number of nitrogens with zero attached hydrogens (tertiary/aromatic N) is 1. The molecule has 24 heavy (non-hydrogen) atoms. The van der Waals surface area contributed by atoms with Crippen LogP contribution in [0.5, 0.6) is 0 Å². The van der Waals surface area contributed by atoms with E-state index in [-0.39, 0.29) is 5.91 Å². The van der Waals surface area contributed by atoms with Crippen molar-refractivity contribution >= 4 is 34.7 Å². The molecule has 120 valence electrons. The highest BCUT2D eigenvalue weighted by molar-refractivity contribution is 6.33. The van der Waals surface area contributed by atoms with Crippen LogP contribution in [0.15, 0.2) is 66.9 Å². The number of rotatable bonds is 4. The van der Waals surface area contributed by atoms with Crippen molar-refractivity contribution in [3.63, 3.8) is 0 Å². The van der Waals surface area contributed by atoms with Gasteiger partial charge in [0.2, 0.25) is 0 Å². The van der Waals surface area contributed by atoms with Crippen molar-refractivity contribution in [2.75, 3.05) is 10.6 Å². The molecule has 1 heterocycles. The Kier molecular flexibility index (Phi) is 4.77.